The van der Waals surface area contributed by atoms with Crippen LogP contribution in [0, 0.1) is 29.6 Å². The maximum absolute atomic E-state index is 12.4. The van der Waals surface area contributed by atoms with Crippen molar-refractivity contribution in [1.29, 1.82) is 10.5 Å². The Labute approximate surface area is 176 Å². The van der Waals surface area contributed by atoms with E-state index in [2.05, 4.69) is 15.0 Å². The van der Waals surface area contributed by atoms with Gasteiger partial charge >= 0.3 is 5.97 Å². The Balaban J connectivity index is 1.94. The van der Waals surface area contributed by atoms with Gasteiger partial charge in [-0.15, -0.1) is 21.6 Å². The van der Waals surface area contributed by atoms with Gasteiger partial charge in [0.25, 0.3) is 0 Å². The van der Waals surface area contributed by atoms with Gasteiger partial charge in [0.15, 0.2) is 10.8 Å². The average Bonchev–Trinajstić information content (AvgIpc) is 3.06. The van der Waals surface area contributed by atoms with E-state index in [0.717, 1.165) is 11.3 Å². The Hall–Kier alpha value is -3.76. The zero-order valence-electron chi connectivity index (χ0n) is 16.3. The third-order valence-corrected chi connectivity index (χ3v) is 5.83. The number of anilines is 1. The van der Waals surface area contributed by atoms with Gasteiger partial charge in [0, 0.05) is 31.1 Å². The molecule has 0 amide bonds. The predicted octanol–water partition coefficient (Wildman–Crippen LogP) is 3.88. The summed E-state index contributed by atoms with van der Waals surface area (Å²) in [5.74, 6) is -0.658. The van der Waals surface area contributed by atoms with E-state index in [0.29, 0.717) is 34.8 Å². The minimum absolute atomic E-state index is 0.0744. The topological polar surface area (TPSA) is 139 Å². The van der Waals surface area contributed by atoms with Crippen molar-refractivity contribution >= 4 is 39.5 Å². The Morgan fingerprint density at radius 3 is 2.77 bits per heavy atom. The van der Waals surface area contributed by atoms with Crippen LogP contribution in [0.15, 0.2) is 22.4 Å². The number of rotatable bonds is 5. The number of fused-ring (bicyclic) bond motifs is 1. The molecule has 1 aliphatic rings. The second-order valence-electron chi connectivity index (χ2n) is 6.50. The summed E-state index contributed by atoms with van der Waals surface area (Å²) in [4.78, 5) is 26.0. The number of phenolic OH excluding ortho intramolecular Hbond substituents is 1. The molecule has 1 N–H and O–H groups in total. The number of hydrogen-bond donors (Lipinski definition) is 1. The third-order valence-electron chi connectivity index (χ3n) is 4.75. The largest absolute Gasteiger partial charge is 0.506 e. The molecule has 152 valence electrons. The minimum atomic E-state index is -0.362. The zero-order chi connectivity index (χ0) is 21.8. The lowest BCUT2D eigenvalue weighted by molar-refractivity contribution is -0.140. The monoisotopic (exact) mass is 423 g/mol. The normalized spacial score (nSPS) is 13.1. The molecule has 0 unspecified atom stereocenters. The Kier molecular flexibility index (Phi) is 6.09. The number of methoxy groups -OCH3 is 1. The van der Waals surface area contributed by atoms with Crippen molar-refractivity contribution in [2.75, 3.05) is 25.1 Å². The Bertz CT molecular complexity index is 1140. The molecule has 9 nitrogen and oxygen atoms in total. The standard InChI is InChI=1S/C20H17N5O4S/c1-11-13(9-21)20(30-18(11)10-22)24-23-14-7-12-15(8-17(14)27)25(5-3-16(12)26)6-4-19(28)29-2/h7-8,27H,3-6H2,1-2H3. The number of aromatic hydroxyl groups is 1. The number of ketones is 1. The van der Waals surface area contributed by atoms with E-state index in [1.54, 1.807) is 6.92 Å². The van der Waals surface area contributed by atoms with E-state index in [9.17, 15) is 20.0 Å². The van der Waals surface area contributed by atoms with Crippen LogP contribution < -0.4 is 4.90 Å². The fourth-order valence-electron chi connectivity index (χ4n) is 3.09. The highest BCUT2D eigenvalue weighted by atomic mass is 32.1. The van der Waals surface area contributed by atoms with Crippen molar-refractivity contribution in [2.24, 2.45) is 10.2 Å². The van der Waals surface area contributed by atoms with Gasteiger partial charge in [0.05, 0.1) is 24.8 Å². The average molecular weight is 423 g/mol. The number of carbonyl (C=O) groups excluding carboxylic acids is 2. The van der Waals surface area contributed by atoms with Crippen LogP contribution in [0.25, 0.3) is 0 Å². The lowest BCUT2D eigenvalue weighted by Gasteiger charge is -2.30. The number of phenols is 1. The molecule has 30 heavy (non-hydrogen) atoms. The molecule has 0 atom stereocenters. The third kappa shape index (κ3) is 4.00. The van der Waals surface area contributed by atoms with Crippen molar-refractivity contribution in [3.8, 4) is 17.9 Å². The van der Waals surface area contributed by atoms with Crippen LogP contribution in [0.1, 0.15) is 39.2 Å². The summed E-state index contributed by atoms with van der Waals surface area (Å²) in [6.45, 7) is 2.44. The van der Waals surface area contributed by atoms with E-state index in [4.69, 9.17) is 5.26 Å². The highest BCUT2D eigenvalue weighted by Gasteiger charge is 2.25. The quantitative estimate of drug-likeness (QED) is 0.568. The molecule has 0 spiro atoms. The van der Waals surface area contributed by atoms with Crippen molar-refractivity contribution in [1.82, 2.24) is 0 Å². The van der Waals surface area contributed by atoms with Gasteiger partial charge < -0.3 is 14.7 Å². The molecule has 3 rings (SSSR count). The first-order valence-corrected chi connectivity index (χ1v) is 9.78. The van der Waals surface area contributed by atoms with Gasteiger partial charge in [0.2, 0.25) is 0 Å². The van der Waals surface area contributed by atoms with Crippen molar-refractivity contribution in [2.45, 2.75) is 19.8 Å². The summed E-state index contributed by atoms with van der Waals surface area (Å²) >= 11 is 1.03. The van der Waals surface area contributed by atoms with Gasteiger partial charge in [-0.3, -0.25) is 9.59 Å². The van der Waals surface area contributed by atoms with Crippen molar-refractivity contribution in [3.05, 3.63) is 33.7 Å². The molecule has 0 bridgehead atoms. The number of hydrogen-bond acceptors (Lipinski definition) is 10. The fraction of sp³-hybridized carbons (Fsp3) is 0.300. The second-order valence-corrected chi connectivity index (χ2v) is 7.50. The molecule has 2 aromatic rings. The van der Waals surface area contributed by atoms with Crippen LogP contribution in [-0.4, -0.2) is 37.1 Å². The highest BCUT2D eigenvalue weighted by Crippen LogP contribution is 2.40. The van der Waals surface area contributed by atoms with Crippen LogP contribution in [-0.2, 0) is 9.53 Å². The summed E-state index contributed by atoms with van der Waals surface area (Å²) in [6, 6.07) is 6.88. The van der Waals surface area contributed by atoms with Gasteiger partial charge in [-0.25, -0.2) is 0 Å². The number of benzene rings is 1. The van der Waals surface area contributed by atoms with Crippen molar-refractivity contribution < 1.29 is 19.4 Å². The maximum atomic E-state index is 12.4. The number of nitrogens with zero attached hydrogens (tertiary/aromatic N) is 5. The molecule has 0 fully saturated rings. The van der Waals surface area contributed by atoms with Crippen LogP contribution in [0.5, 0.6) is 5.75 Å². The van der Waals surface area contributed by atoms with Crippen LogP contribution in [0.4, 0.5) is 16.4 Å². The molecule has 0 aliphatic carbocycles. The molecular weight excluding hydrogens is 406 g/mol. The summed E-state index contributed by atoms with van der Waals surface area (Å²) in [7, 11) is 1.31. The first-order valence-electron chi connectivity index (χ1n) is 8.96. The number of thiophene rings is 1. The van der Waals surface area contributed by atoms with Gasteiger partial charge in [0.1, 0.15) is 28.5 Å². The fourth-order valence-corrected chi connectivity index (χ4v) is 3.97. The predicted molar refractivity (Wildman–Crippen MR) is 109 cm³/mol. The lowest BCUT2D eigenvalue weighted by Crippen LogP contribution is -2.33. The second kappa shape index (κ2) is 8.72. The number of ether oxygens (including phenoxy) is 1. The number of carbonyl (C=O) groups is 2. The Morgan fingerprint density at radius 1 is 1.33 bits per heavy atom. The van der Waals surface area contributed by atoms with Gasteiger partial charge in [-0.2, -0.15) is 10.5 Å². The molecule has 10 heteroatoms. The van der Waals surface area contributed by atoms with E-state index < -0.39 is 0 Å². The summed E-state index contributed by atoms with van der Waals surface area (Å²) in [6.07, 6.45) is 0.423. The van der Waals surface area contributed by atoms with E-state index >= 15 is 0 Å². The smallest absolute Gasteiger partial charge is 0.307 e. The van der Waals surface area contributed by atoms with Crippen molar-refractivity contribution in [3.63, 3.8) is 0 Å². The minimum Gasteiger partial charge on any atom is -0.506 e. The van der Waals surface area contributed by atoms with Gasteiger partial charge in [-0.1, -0.05) is 0 Å². The molecule has 1 aromatic carbocycles. The molecule has 2 heterocycles. The summed E-state index contributed by atoms with van der Waals surface area (Å²) < 4.78 is 4.65. The molecule has 1 aromatic heterocycles. The highest BCUT2D eigenvalue weighted by molar-refractivity contribution is 7.16. The molecule has 0 saturated heterocycles. The lowest BCUT2D eigenvalue weighted by atomic mass is 9.99. The van der Waals surface area contributed by atoms with E-state index in [-0.39, 0.29) is 46.6 Å². The molecule has 0 saturated carbocycles. The first kappa shape index (κ1) is 21.0. The molecular formula is C20H17N5O4S. The SMILES string of the molecule is COC(=O)CCN1CCC(=O)c2cc(N=Nc3sc(C#N)c(C)c3C#N)c(O)cc21. The summed E-state index contributed by atoms with van der Waals surface area (Å²) in [5.41, 5.74) is 1.75. The first-order chi connectivity index (χ1) is 14.4. The number of nitriles is 2. The van der Waals surface area contributed by atoms with Gasteiger partial charge in [-0.05, 0) is 18.6 Å². The number of azo groups is 1. The zero-order valence-corrected chi connectivity index (χ0v) is 17.1. The molecule has 1 aliphatic heterocycles. The number of esters is 1. The number of Topliss-reactive ketones (excluding diaryl/α,β-unsaturated/α-hetero) is 1. The van der Waals surface area contributed by atoms with Crippen LogP contribution in [0.3, 0.4) is 0 Å². The maximum Gasteiger partial charge on any atom is 0.307 e. The van der Waals surface area contributed by atoms with Crippen LogP contribution in [0.2, 0.25) is 0 Å². The summed E-state index contributed by atoms with van der Waals surface area (Å²) in [5, 5.41) is 37.1. The van der Waals surface area contributed by atoms with Crippen LogP contribution >= 0.6 is 11.3 Å². The Morgan fingerprint density at radius 2 is 2.10 bits per heavy atom. The molecule has 0 radical (unpaired) electrons. The van der Waals surface area contributed by atoms with E-state index in [1.165, 1.54) is 19.2 Å². The van der Waals surface area contributed by atoms with E-state index in [1.807, 2.05) is 17.0 Å².